The van der Waals surface area contributed by atoms with Crippen LogP contribution in [0.1, 0.15) is 64.5 Å². The molecule has 0 unspecified atom stereocenters. The van der Waals surface area contributed by atoms with Crippen molar-refractivity contribution in [2.75, 3.05) is 0 Å². The molecule has 1 N–H and O–H groups in total. The van der Waals surface area contributed by atoms with E-state index in [0.717, 1.165) is 11.3 Å². The van der Waals surface area contributed by atoms with E-state index in [0.29, 0.717) is 11.8 Å². The van der Waals surface area contributed by atoms with Crippen molar-refractivity contribution in [1.82, 2.24) is 4.98 Å². The van der Waals surface area contributed by atoms with Crippen LogP contribution in [0.3, 0.4) is 0 Å². The third-order valence-electron chi connectivity index (χ3n) is 5.42. The summed E-state index contributed by atoms with van der Waals surface area (Å²) >= 11 is 1.87. The predicted molar refractivity (Wildman–Crippen MR) is 145 cm³/mol. The van der Waals surface area contributed by atoms with Crippen molar-refractivity contribution in [2.24, 2.45) is 0 Å². The Kier molecular flexibility index (Phi) is 10.6. The van der Waals surface area contributed by atoms with E-state index in [1.54, 1.807) is 0 Å². The number of pyridine rings is 1. The molecule has 0 spiro atoms. The second-order valence-electron chi connectivity index (χ2n) is 9.01. The van der Waals surface area contributed by atoms with Gasteiger partial charge in [0.15, 0.2) is 5.78 Å². The summed E-state index contributed by atoms with van der Waals surface area (Å²) in [6.45, 7) is 12.0. The van der Waals surface area contributed by atoms with Gasteiger partial charge in [0.05, 0.1) is 5.76 Å². The molecule has 185 valence electrons. The van der Waals surface area contributed by atoms with Crippen LogP contribution in [0.2, 0.25) is 0 Å². The predicted octanol–water partition coefficient (Wildman–Crippen LogP) is 8.71. The van der Waals surface area contributed by atoms with Gasteiger partial charge in [-0.05, 0) is 54.1 Å². The van der Waals surface area contributed by atoms with Gasteiger partial charge in [-0.2, -0.15) is 0 Å². The van der Waals surface area contributed by atoms with E-state index < -0.39 is 0 Å². The maximum Gasteiger partial charge on any atom is 0.155 e. The third-order valence-corrected chi connectivity index (χ3v) is 6.53. The van der Waals surface area contributed by atoms with Crippen molar-refractivity contribution in [3.63, 3.8) is 0 Å². The normalized spacial score (nSPS) is 11.3. The molecular formula is C30H32IrNO2S-. The summed E-state index contributed by atoms with van der Waals surface area (Å²) in [5.74, 6) is 0.931. The molecule has 0 bridgehead atoms. The van der Waals surface area contributed by atoms with Crippen molar-refractivity contribution in [2.45, 2.75) is 53.4 Å². The second-order valence-corrected chi connectivity index (χ2v) is 10.1. The molecule has 0 amide bonds. The fraction of sp³-hybridized carbons (Fsp3) is 0.267. The Morgan fingerprint density at radius 2 is 1.66 bits per heavy atom. The number of carbonyl (C=O) groups is 1. The fourth-order valence-electron chi connectivity index (χ4n) is 3.89. The minimum absolute atomic E-state index is 0. The molecule has 3 nitrogen and oxygen atoms in total. The summed E-state index contributed by atoms with van der Waals surface area (Å²) in [6.07, 6.45) is 3.17. The molecule has 0 aliphatic heterocycles. The maximum atomic E-state index is 10.0. The maximum absolute atomic E-state index is 10.0. The topological polar surface area (TPSA) is 50.2 Å². The molecular weight excluding hydrogens is 631 g/mol. The van der Waals surface area contributed by atoms with Gasteiger partial charge in [0.25, 0.3) is 0 Å². The molecule has 0 fully saturated rings. The van der Waals surface area contributed by atoms with Crippen LogP contribution in [0.25, 0.3) is 31.8 Å². The Balaban J connectivity index is 0.000000476. The van der Waals surface area contributed by atoms with Crippen LogP contribution in [0.5, 0.6) is 0 Å². The number of carbonyl (C=O) groups excluding carboxylic acids is 1. The smallest absolute Gasteiger partial charge is 0.155 e. The number of aromatic nitrogens is 1. The summed E-state index contributed by atoms with van der Waals surface area (Å²) in [4.78, 5) is 16.0. The van der Waals surface area contributed by atoms with Crippen LogP contribution in [0.15, 0.2) is 72.6 Å². The number of ketones is 1. The molecule has 4 rings (SSSR count). The SMILES string of the molecule is CC(=O)/C=C(/C)O.CC(C)c1cccc(C(C)C)c1-c1cc2cnc(-c3[c-]cccc3)cc2s1.[Ir]. The van der Waals surface area contributed by atoms with Crippen LogP contribution in [0.4, 0.5) is 0 Å². The van der Waals surface area contributed by atoms with E-state index in [4.69, 9.17) is 5.11 Å². The molecule has 2 aromatic heterocycles. The van der Waals surface area contributed by atoms with E-state index >= 15 is 0 Å². The van der Waals surface area contributed by atoms with Crippen molar-refractivity contribution in [3.05, 3.63) is 89.8 Å². The molecule has 5 heteroatoms. The standard InChI is InChI=1S/C25H24NS.C5H8O2.Ir/c1-16(2)20-11-8-12-21(17(3)4)25(20)24-13-19-15-26-22(14-23(19)27-24)18-9-6-5-7-10-18;1-4(6)3-5(2)7;/h5-9,11-17H,1-4H3;3,6H,1-2H3;/q-1;;/b;4-3-;. The number of benzene rings is 2. The largest absolute Gasteiger partial charge is 0.512 e. The number of hydrogen-bond donors (Lipinski definition) is 1. The Bertz CT molecular complexity index is 1280. The van der Waals surface area contributed by atoms with Gasteiger partial charge in [0, 0.05) is 47.3 Å². The summed E-state index contributed by atoms with van der Waals surface area (Å²) in [5, 5.41) is 9.57. The van der Waals surface area contributed by atoms with Crippen LogP contribution in [-0.2, 0) is 24.9 Å². The van der Waals surface area contributed by atoms with Gasteiger partial charge in [0.2, 0.25) is 0 Å². The Labute approximate surface area is 226 Å². The summed E-state index contributed by atoms with van der Waals surface area (Å²) in [5.41, 5.74) is 6.30. The van der Waals surface area contributed by atoms with Crippen LogP contribution in [0, 0.1) is 6.07 Å². The van der Waals surface area contributed by atoms with Gasteiger partial charge in [0.1, 0.15) is 0 Å². The van der Waals surface area contributed by atoms with Gasteiger partial charge >= 0.3 is 0 Å². The minimum atomic E-state index is -0.125. The zero-order valence-corrected chi connectivity index (χ0v) is 24.3. The molecule has 0 aliphatic rings. The van der Waals surface area contributed by atoms with E-state index in [-0.39, 0.29) is 31.6 Å². The monoisotopic (exact) mass is 663 g/mol. The number of thiophene rings is 1. The van der Waals surface area contributed by atoms with Gasteiger partial charge in [-0.25, -0.2) is 0 Å². The number of aliphatic hydroxyl groups is 1. The summed E-state index contributed by atoms with van der Waals surface area (Å²) in [6, 6.07) is 22.6. The number of aliphatic hydroxyl groups excluding tert-OH is 1. The number of rotatable bonds is 5. The molecule has 4 aromatic rings. The van der Waals surface area contributed by atoms with Gasteiger partial charge in [-0.1, -0.05) is 52.0 Å². The van der Waals surface area contributed by atoms with Gasteiger partial charge in [-0.15, -0.1) is 47.2 Å². The molecule has 2 aromatic carbocycles. The third kappa shape index (κ3) is 7.44. The Morgan fingerprint density at radius 3 is 2.14 bits per heavy atom. The first-order chi connectivity index (χ1) is 16.2. The number of nitrogens with zero attached hydrogens (tertiary/aromatic N) is 1. The van der Waals surface area contributed by atoms with E-state index in [2.05, 4.69) is 75.1 Å². The Morgan fingerprint density at radius 1 is 1.00 bits per heavy atom. The Hall–Kier alpha value is -2.59. The van der Waals surface area contributed by atoms with E-state index in [1.165, 1.54) is 51.6 Å². The van der Waals surface area contributed by atoms with Crippen LogP contribution in [-0.4, -0.2) is 15.9 Å². The van der Waals surface area contributed by atoms with E-state index in [1.807, 2.05) is 35.7 Å². The van der Waals surface area contributed by atoms with Crippen molar-refractivity contribution < 1.29 is 30.0 Å². The number of hydrogen-bond acceptors (Lipinski definition) is 4. The zero-order chi connectivity index (χ0) is 24.8. The summed E-state index contributed by atoms with van der Waals surface area (Å²) in [7, 11) is 0. The van der Waals surface area contributed by atoms with Gasteiger partial charge in [-0.3, -0.25) is 4.79 Å². The van der Waals surface area contributed by atoms with Crippen molar-refractivity contribution in [3.8, 4) is 21.7 Å². The minimum Gasteiger partial charge on any atom is -0.512 e. The van der Waals surface area contributed by atoms with Crippen LogP contribution >= 0.6 is 11.3 Å². The first-order valence-electron chi connectivity index (χ1n) is 11.5. The van der Waals surface area contributed by atoms with Crippen molar-refractivity contribution in [1.29, 1.82) is 0 Å². The first-order valence-corrected chi connectivity index (χ1v) is 12.4. The zero-order valence-electron chi connectivity index (χ0n) is 21.0. The molecule has 0 atom stereocenters. The number of fused-ring (bicyclic) bond motifs is 1. The molecule has 0 saturated carbocycles. The first kappa shape index (κ1) is 28.6. The average Bonchev–Trinajstić information content (AvgIpc) is 3.21. The molecule has 0 aliphatic carbocycles. The summed E-state index contributed by atoms with van der Waals surface area (Å²) < 4.78 is 1.28. The molecule has 0 saturated heterocycles. The second kappa shape index (κ2) is 12.9. The van der Waals surface area contributed by atoms with Crippen molar-refractivity contribution >= 4 is 27.2 Å². The molecule has 2 heterocycles. The van der Waals surface area contributed by atoms with E-state index in [9.17, 15) is 4.79 Å². The van der Waals surface area contributed by atoms with Crippen LogP contribution < -0.4 is 0 Å². The molecule has 35 heavy (non-hydrogen) atoms. The van der Waals surface area contributed by atoms with Gasteiger partial charge < -0.3 is 10.1 Å². The number of allylic oxidation sites excluding steroid dienone is 2. The fourth-order valence-corrected chi connectivity index (χ4v) is 5.05. The molecule has 1 radical (unpaired) electrons. The average molecular weight is 663 g/mol. The quantitative estimate of drug-likeness (QED) is 0.132.